The number of carboxylic acid groups (broad SMARTS) is 1. The van der Waals surface area contributed by atoms with E-state index >= 15 is 0 Å². The molecule has 1 amide bonds. The summed E-state index contributed by atoms with van der Waals surface area (Å²) in [6.45, 7) is 0.657. The smallest absolute Gasteiger partial charge is 0.311 e. The lowest BCUT2D eigenvalue weighted by Crippen LogP contribution is -2.38. The van der Waals surface area contributed by atoms with Crippen LogP contribution in [0.5, 0.6) is 0 Å². The van der Waals surface area contributed by atoms with Crippen LogP contribution in [0.1, 0.15) is 30.9 Å². The van der Waals surface area contributed by atoms with Crippen molar-refractivity contribution in [3.63, 3.8) is 0 Å². The van der Waals surface area contributed by atoms with Crippen LogP contribution in [0.4, 0.5) is 0 Å². The molecule has 1 heterocycles. The maximum Gasteiger partial charge on any atom is 0.311 e. The summed E-state index contributed by atoms with van der Waals surface area (Å²) in [5.41, 5.74) is -0.254. The van der Waals surface area contributed by atoms with Crippen molar-refractivity contribution in [3.05, 3.63) is 35.9 Å². The van der Waals surface area contributed by atoms with Crippen LogP contribution in [-0.2, 0) is 9.59 Å². The van der Waals surface area contributed by atoms with Gasteiger partial charge in [-0.1, -0.05) is 36.8 Å². The minimum absolute atomic E-state index is 0.0157. The van der Waals surface area contributed by atoms with Gasteiger partial charge in [0.25, 0.3) is 5.91 Å². The van der Waals surface area contributed by atoms with Crippen LogP contribution >= 0.6 is 0 Å². The van der Waals surface area contributed by atoms with Gasteiger partial charge in [-0.25, -0.2) is 0 Å². The van der Waals surface area contributed by atoms with E-state index in [1.165, 1.54) is 4.90 Å². The number of carbonyl (C=O) groups excluding carboxylic acids is 1. The van der Waals surface area contributed by atoms with Gasteiger partial charge in [0.1, 0.15) is 0 Å². The Balaban J connectivity index is 1.77. The number of likely N-dealkylation sites (tertiary alicyclic amines) is 1. The van der Waals surface area contributed by atoms with Crippen LogP contribution in [0.15, 0.2) is 30.3 Å². The first-order valence-corrected chi connectivity index (χ1v) is 7.30. The van der Waals surface area contributed by atoms with Crippen molar-refractivity contribution in [1.82, 2.24) is 4.90 Å². The lowest BCUT2D eigenvalue weighted by atomic mass is 9.81. The molecule has 0 bridgehead atoms. The highest BCUT2D eigenvalue weighted by Crippen LogP contribution is 2.49. The Morgan fingerprint density at radius 1 is 1.29 bits per heavy atom. The molecule has 1 aliphatic heterocycles. The van der Waals surface area contributed by atoms with E-state index in [-0.39, 0.29) is 12.5 Å². The Labute approximate surface area is 123 Å². The van der Waals surface area contributed by atoms with Gasteiger partial charge in [0.15, 0.2) is 6.10 Å². The number of hydrogen-bond donors (Lipinski definition) is 2. The topological polar surface area (TPSA) is 77.8 Å². The molecule has 2 fully saturated rings. The fourth-order valence-corrected chi connectivity index (χ4v) is 3.76. The molecule has 1 aromatic rings. The third-order valence-corrected chi connectivity index (χ3v) is 4.96. The quantitative estimate of drug-likeness (QED) is 0.882. The van der Waals surface area contributed by atoms with E-state index in [1.807, 2.05) is 6.07 Å². The van der Waals surface area contributed by atoms with Gasteiger partial charge in [-0.05, 0) is 24.3 Å². The molecule has 21 heavy (non-hydrogen) atoms. The molecule has 0 unspecified atom stereocenters. The Hall–Kier alpha value is -1.88. The predicted octanol–water partition coefficient (Wildman–Crippen LogP) is 1.43. The van der Waals surface area contributed by atoms with Crippen molar-refractivity contribution in [1.29, 1.82) is 0 Å². The zero-order chi connectivity index (χ0) is 15.0. The first kappa shape index (κ1) is 14.1. The molecule has 5 heteroatoms. The molecule has 1 saturated carbocycles. The number of amides is 1. The zero-order valence-electron chi connectivity index (χ0n) is 11.7. The largest absolute Gasteiger partial charge is 0.481 e. The number of rotatable bonds is 3. The molecule has 1 saturated heterocycles. The lowest BCUT2D eigenvalue weighted by Gasteiger charge is -2.24. The van der Waals surface area contributed by atoms with E-state index < -0.39 is 23.4 Å². The van der Waals surface area contributed by atoms with Gasteiger partial charge in [0, 0.05) is 13.1 Å². The van der Waals surface area contributed by atoms with Gasteiger partial charge in [-0.15, -0.1) is 0 Å². The zero-order valence-corrected chi connectivity index (χ0v) is 11.7. The van der Waals surface area contributed by atoms with E-state index in [0.717, 1.165) is 12.8 Å². The van der Waals surface area contributed by atoms with E-state index in [0.29, 0.717) is 18.5 Å². The molecule has 1 aliphatic carbocycles. The molecular formula is C16H19NO4. The fourth-order valence-electron chi connectivity index (χ4n) is 3.76. The fraction of sp³-hybridized carbons (Fsp3) is 0.500. The highest BCUT2D eigenvalue weighted by molar-refractivity contribution is 5.84. The Kier molecular flexibility index (Phi) is 3.45. The Bertz CT molecular complexity index is 559. The normalized spacial score (nSPS) is 29.2. The van der Waals surface area contributed by atoms with E-state index in [9.17, 15) is 19.8 Å². The minimum atomic E-state index is -1.21. The van der Waals surface area contributed by atoms with Crippen molar-refractivity contribution in [3.8, 4) is 0 Å². The SMILES string of the molecule is O=C([C@H](O)c1ccccc1)N1C[C@@H]2CCC[C@@]2(C(=O)O)C1. The molecule has 0 radical (unpaired) electrons. The lowest BCUT2D eigenvalue weighted by molar-refractivity contribution is -0.150. The van der Waals surface area contributed by atoms with Crippen LogP contribution in [0.2, 0.25) is 0 Å². The number of fused-ring (bicyclic) bond motifs is 1. The maximum atomic E-state index is 12.4. The van der Waals surface area contributed by atoms with Crippen LogP contribution in [0, 0.1) is 11.3 Å². The average molecular weight is 289 g/mol. The summed E-state index contributed by atoms with van der Waals surface area (Å²) in [5, 5.41) is 19.7. The number of aliphatic hydroxyl groups is 1. The Morgan fingerprint density at radius 3 is 2.62 bits per heavy atom. The number of hydrogen-bond acceptors (Lipinski definition) is 3. The van der Waals surface area contributed by atoms with Gasteiger partial charge >= 0.3 is 5.97 Å². The van der Waals surface area contributed by atoms with Crippen LogP contribution in [0.25, 0.3) is 0 Å². The summed E-state index contributed by atoms with van der Waals surface area (Å²) < 4.78 is 0. The molecule has 112 valence electrons. The molecular weight excluding hydrogens is 270 g/mol. The van der Waals surface area contributed by atoms with Gasteiger partial charge in [0.2, 0.25) is 0 Å². The number of benzene rings is 1. The molecule has 3 rings (SSSR count). The molecule has 1 aromatic carbocycles. The Morgan fingerprint density at radius 2 is 2.00 bits per heavy atom. The van der Waals surface area contributed by atoms with Gasteiger partial charge in [-0.2, -0.15) is 0 Å². The summed E-state index contributed by atoms with van der Waals surface area (Å²) in [5.74, 6) is -1.19. The van der Waals surface area contributed by atoms with Gasteiger partial charge < -0.3 is 15.1 Å². The van der Waals surface area contributed by atoms with Crippen molar-refractivity contribution >= 4 is 11.9 Å². The number of aliphatic hydroxyl groups excluding tert-OH is 1. The summed E-state index contributed by atoms with van der Waals surface area (Å²) >= 11 is 0. The summed E-state index contributed by atoms with van der Waals surface area (Å²) in [4.78, 5) is 25.6. The second-order valence-corrected chi connectivity index (χ2v) is 6.08. The van der Waals surface area contributed by atoms with Gasteiger partial charge in [-0.3, -0.25) is 9.59 Å². The summed E-state index contributed by atoms with van der Waals surface area (Å²) in [6.07, 6.45) is 1.16. The maximum absolute atomic E-state index is 12.4. The van der Waals surface area contributed by atoms with E-state index in [2.05, 4.69) is 0 Å². The van der Waals surface area contributed by atoms with Crippen LogP contribution < -0.4 is 0 Å². The molecule has 5 nitrogen and oxygen atoms in total. The standard InChI is InChI=1S/C16H19NO4/c18-13(11-5-2-1-3-6-11)14(19)17-9-12-7-4-8-16(12,10-17)15(20)21/h1-3,5-6,12-13,18H,4,7-10H2,(H,20,21)/t12-,13+,16+/m0/s1. The number of carboxylic acids is 1. The molecule has 3 atom stereocenters. The van der Waals surface area contributed by atoms with E-state index in [1.54, 1.807) is 24.3 Å². The molecule has 2 N–H and O–H groups in total. The number of nitrogens with zero attached hydrogens (tertiary/aromatic N) is 1. The number of aliphatic carboxylic acids is 1. The highest BCUT2D eigenvalue weighted by Gasteiger charge is 2.56. The van der Waals surface area contributed by atoms with Crippen molar-refractivity contribution in [2.45, 2.75) is 25.4 Å². The predicted molar refractivity (Wildman–Crippen MR) is 75.4 cm³/mol. The van der Waals surface area contributed by atoms with Crippen molar-refractivity contribution in [2.24, 2.45) is 11.3 Å². The van der Waals surface area contributed by atoms with Crippen molar-refractivity contribution in [2.75, 3.05) is 13.1 Å². The second-order valence-electron chi connectivity index (χ2n) is 6.08. The van der Waals surface area contributed by atoms with Crippen LogP contribution in [-0.4, -0.2) is 40.1 Å². The van der Waals surface area contributed by atoms with Gasteiger partial charge in [0.05, 0.1) is 5.41 Å². The van der Waals surface area contributed by atoms with Crippen molar-refractivity contribution < 1.29 is 19.8 Å². The third-order valence-electron chi connectivity index (χ3n) is 4.96. The van der Waals surface area contributed by atoms with E-state index in [4.69, 9.17) is 0 Å². The van der Waals surface area contributed by atoms with Crippen LogP contribution in [0.3, 0.4) is 0 Å². The summed E-state index contributed by atoms with van der Waals surface area (Å²) in [6, 6.07) is 8.76. The third kappa shape index (κ3) is 2.21. The second kappa shape index (κ2) is 5.15. The average Bonchev–Trinajstić information content (AvgIpc) is 3.04. The summed E-state index contributed by atoms with van der Waals surface area (Å²) in [7, 11) is 0. The molecule has 0 aromatic heterocycles. The monoisotopic (exact) mass is 289 g/mol. The first-order valence-electron chi connectivity index (χ1n) is 7.30. The molecule has 2 aliphatic rings. The highest BCUT2D eigenvalue weighted by atomic mass is 16.4. The minimum Gasteiger partial charge on any atom is -0.481 e. The first-order chi connectivity index (χ1) is 10.0. The molecule has 0 spiro atoms. The number of carbonyl (C=O) groups is 2.